The number of aromatic nitrogens is 2. The van der Waals surface area contributed by atoms with Gasteiger partial charge in [-0.2, -0.15) is 5.10 Å². The third-order valence-corrected chi connectivity index (χ3v) is 5.96. The minimum atomic E-state index is -0.0677. The maximum atomic E-state index is 12.8. The number of phenolic OH excluding ortho intramolecular Hbond substituents is 1. The summed E-state index contributed by atoms with van der Waals surface area (Å²) in [7, 11) is 0. The van der Waals surface area contributed by atoms with Crippen molar-refractivity contribution in [2.24, 2.45) is 5.41 Å². The molecule has 0 radical (unpaired) electrons. The quantitative estimate of drug-likeness (QED) is 0.757. The Labute approximate surface area is 157 Å². The minimum absolute atomic E-state index is 0.0677. The van der Waals surface area contributed by atoms with E-state index in [9.17, 15) is 14.7 Å². The van der Waals surface area contributed by atoms with Gasteiger partial charge in [0.2, 0.25) is 5.91 Å². The lowest BCUT2D eigenvalue weighted by molar-refractivity contribution is -0.121. The number of nitrogens with one attached hydrogen (secondary N) is 2. The minimum Gasteiger partial charge on any atom is -0.507 e. The van der Waals surface area contributed by atoms with Gasteiger partial charge in [0.1, 0.15) is 11.4 Å². The number of piperidine rings is 1. The molecular weight excluding hydrogens is 344 g/mol. The van der Waals surface area contributed by atoms with Crippen molar-refractivity contribution in [2.75, 3.05) is 19.6 Å². The summed E-state index contributed by atoms with van der Waals surface area (Å²) < 4.78 is 0. The van der Waals surface area contributed by atoms with Crippen LogP contribution >= 0.6 is 0 Å². The summed E-state index contributed by atoms with van der Waals surface area (Å²) >= 11 is 0. The number of phenols is 1. The van der Waals surface area contributed by atoms with Gasteiger partial charge in [-0.15, -0.1) is 0 Å². The summed E-state index contributed by atoms with van der Waals surface area (Å²) in [6, 6.07) is 8.63. The lowest BCUT2D eigenvalue weighted by Gasteiger charge is -2.41. The van der Waals surface area contributed by atoms with E-state index in [1.807, 2.05) is 11.0 Å². The SMILES string of the molecule is O=C1CCC2(CCN1)CCN(C(=O)c1cc(-c3ccccc3O)n[nH]1)CC2. The van der Waals surface area contributed by atoms with Crippen LogP contribution in [0.4, 0.5) is 0 Å². The van der Waals surface area contributed by atoms with E-state index in [0.717, 1.165) is 32.2 Å². The van der Waals surface area contributed by atoms with E-state index in [2.05, 4.69) is 15.5 Å². The zero-order valence-corrected chi connectivity index (χ0v) is 15.2. The molecule has 0 unspecified atom stereocenters. The van der Waals surface area contributed by atoms with E-state index in [1.165, 1.54) is 0 Å². The zero-order chi connectivity index (χ0) is 18.9. The first-order valence-corrected chi connectivity index (χ1v) is 9.46. The van der Waals surface area contributed by atoms with E-state index in [-0.39, 0.29) is 23.0 Å². The van der Waals surface area contributed by atoms with E-state index in [1.54, 1.807) is 24.3 Å². The molecule has 142 valence electrons. The fourth-order valence-corrected chi connectivity index (χ4v) is 4.17. The molecule has 2 amide bonds. The smallest absolute Gasteiger partial charge is 0.271 e. The van der Waals surface area contributed by atoms with Gasteiger partial charge in [-0.3, -0.25) is 14.7 Å². The first-order chi connectivity index (χ1) is 13.1. The van der Waals surface area contributed by atoms with Crippen LogP contribution in [-0.4, -0.2) is 51.7 Å². The molecule has 2 aromatic rings. The van der Waals surface area contributed by atoms with Crippen LogP contribution in [0.3, 0.4) is 0 Å². The number of nitrogens with zero attached hydrogens (tertiary/aromatic N) is 2. The van der Waals surface area contributed by atoms with E-state index in [4.69, 9.17) is 0 Å². The molecule has 2 fully saturated rings. The highest BCUT2D eigenvalue weighted by Gasteiger charge is 2.37. The molecule has 3 N–H and O–H groups in total. The molecule has 4 rings (SSSR count). The summed E-state index contributed by atoms with van der Waals surface area (Å²) in [5.74, 6) is 0.209. The first-order valence-electron chi connectivity index (χ1n) is 9.46. The number of hydrogen-bond acceptors (Lipinski definition) is 4. The highest BCUT2D eigenvalue weighted by molar-refractivity contribution is 5.93. The topological polar surface area (TPSA) is 98.3 Å². The molecule has 27 heavy (non-hydrogen) atoms. The summed E-state index contributed by atoms with van der Waals surface area (Å²) in [5, 5.41) is 19.9. The lowest BCUT2D eigenvalue weighted by Crippen LogP contribution is -2.43. The van der Waals surface area contributed by atoms with Gasteiger partial charge in [-0.25, -0.2) is 0 Å². The van der Waals surface area contributed by atoms with Crippen molar-refractivity contribution >= 4 is 11.8 Å². The third kappa shape index (κ3) is 3.54. The molecule has 2 saturated heterocycles. The van der Waals surface area contributed by atoms with E-state index < -0.39 is 0 Å². The second kappa shape index (κ2) is 7.06. The summed E-state index contributed by atoms with van der Waals surface area (Å²) in [5.41, 5.74) is 1.76. The Morgan fingerprint density at radius 2 is 1.93 bits per heavy atom. The number of carbonyl (C=O) groups is 2. The number of para-hydroxylation sites is 1. The van der Waals surface area contributed by atoms with Crippen LogP contribution in [-0.2, 0) is 4.79 Å². The van der Waals surface area contributed by atoms with Crippen LogP contribution in [0.1, 0.15) is 42.6 Å². The Morgan fingerprint density at radius 3 is 2.70 bits per heavy atom. The van der Waals surface area contributed by atoms with Gasteiger partial charge in [0, 0.05) is 31.6 Å². The number of benzene rings is 1. The molecular formula is C20H24N4O3. The molecule has 1 aromatic carbocycles. The maximum Gasteiger partial charge on any atom is 0.271 e. The van der Waals surface area contributed by atoms with Gasteiger partial charge in [0.25, 0.3) is 5.91 Å². The van der Waals surface area contributed by atoms with Crippen LogP contribution < -0.4 is 5.32 Å². The van der Waals surface area contributed by atoms with Crippen molar-refractivity contribution < 1.29 is 14.7 Å². The number of aromatic hydroxyl groups is 1. The van der Waals surface area contributed by atoms with Crippen molar-refractivity contribution in [1.29, 1.82) is 0 Å². The molecule has 0 atom stereocenters. The van der Waals surface area contributed by atoms with Crippen molar-refractivity contribution in [1.82, 2.24) is 20.4 Å². The number of hydrogen-bond donors (Lipinski definition) is 3. The molecule has 7 heteroatoms. The Kier molecular flexibility index (Phi) is 4.59. The molecule has 0 bridgehead atoms. The molecule has 2 aliphatic rings. The first kappa shape index (κ1) is 17.6. The van der Waals surface area contributed by atoms with Gasteiger partial charge in [-0.05, 0) is 49.3 Å². The van der Waals surface area contributed by atoms with Crippen LogP contribution in [0.15, 0.2) is 30.3 Å². The Hall–Kier alpha value is -2.83. The van der Waals surface area contributed by atoms with E-state index in [0.29, 0.717) is 36.5 Å². The molecule has 2 aliphatic heterocycles. The van der Waals surface area contributed by atoms with Crippen LogP contribution in [0.2, 0.25) is 0 Å². The Bertz CT molecular complexity index is 852. The summed E-state index contributed by atoms with van der Waals surface area (Å²) in [6.45, 7) is 2.12. The molecule has 7 nitrogen and oxygen atoms in total. The standard InChI is InChI=1S/C20H24N4O3/c25-17-4-2-1-3-14(17)15-13-16(23-22-15)19(27)24-11-8-20(9-12-24)6-5-18(26)21-10-7-20/h1-4,13,25H,5-12H2,(H,21,26)(H,22,23). The maximum absolute atomic E-state index is 12.8. The fraction of sp³-hybridized carbons (Fsp3) is 0.450. The highest BCUT2D eigenvalue weighted by Crippen LogP contribution is 2.40. The molecule has 1 aromatic heterocycles. The number of likely N-dealkylation sites (tertiary alicyclic amines) is 1. The Balaban J connectivity index is 1.43. The van der Waals surface area contributed by atoms with Crippen LogP contribution in [0.25, 0.3) is 11.3 Å². The van der Waals surface area contributed by atoms with Gasteiger partial charge < -0.3 is 15.3 Å². The number of aromatic amines is 1. The van der Waals surface area contributed by atoms with Crippen molar-refractivity contribution in [3.8, 4) is 17.0 Å². The van der Waals surface area contributed by atoms with Gasteiger partial charge in [0.15, 0.2) is 0 Å². The largest absolute Gasteiger partial charge is 0.507 e. The second-order valence-electron chi connectivity index (χ2n) is 7.58. The average molecular weight is 368 g/mol. The normalized spacial score (nSPS) is 19.6. The Morgan fingerprint density at radius 1 is 1.15 bits per heavy atom. The second-order valence-corrected chi connectivity index (χ2v) is 7.58. The van der Waals surface area contributed by atoms with Crippen molar-refractivity contribution in [2.45, 2.75) is 32.1 Å². The highest BCUT2D eigenvalue weighted by atomic mass is 16.3. The molecule has 0 aliphatic carbocycles. The zero-order valence-electron chi connectivity index (χ0n) is 15.2. The van der Waals surface area contributed by atoms with Crippen LogP contribution in [0, 0.1) is 5.41 Å². The lowest BCUT2D eigenvalue weighted by atomic mass is 9.73. The van der Waals surface area contributed by atoms with E-state index >= 15 is 0 Å². The predicted octanol–water partition coefficient (Wildman–Crippen LogP) is 2.30. The van der Waals surface area contributed by atoms with Gasteiger partial charge >= 0.3 is 0 Å². The number of H-pyrrole nitrogens is 1. The fourth-order valence-electron chi connectivity index (χ4n) is 4.17. The van der Waals surface area contributed by atoms with Crippen LogP contribution in [0.5, 0.6) is 5.75 Å². The molecule has 0 saturated carbocycles. The van der Waals surface area contributed by atoms with Gasteiger partial charge in [0.05, 0.1) is 5.69 Å². The summed E-state index contributed by atoms with van der Waals surface area (Å²) in [4.78, 5) is 26.3. The third-order valence-electron chi connectivity index (χ3n) is 5.96. The number of rotatable bonds is 2. The molecule has 1 spiro atoms. The average Bonchev–Trinajstić information content (AvgIpc) is 3.10. The summed E-state index contributed by atoms with van der Waals surface area (Å²) in [6.07, 6.45) is 4.32. The van der Waals surface area contributed by atoms with Gasteiger partial charge in [-0.1, -0.05) is 12.1 Å². The van der Waals surface area contributed by atoms with Crippen molar-refractivity contribution in [3.05, 3.63) is 36.0 Å². The predicted molar refractivity (Wildman–Crippen MR) is 100 cm³/mol. The monoisotopic (exact) mass is 368 g/mol. The molecule has 3 heterocycles. The number of amides is 2. The van der Waals surface area contributed by atoms with Crippen molar-refractivity contribution in [3.63, 3.8) is 0 Å². The number of carbonyl (C=O) groups excluding carboxylic acids is 2.